The fourth-order valence-electron chi connectivity index (χ4n) is 3.92. The number of carbonyl (C=O) groups is 2. The van der Waals surface area contributed by atoms with Gasteiger partial charge in [-0.3, -0.25) is 0 Å². The monoisotopic (exact) mass is 482 g/mol. The maximum Gasteiger partial charge on any atom is 0.355 e. The minimum atomic E-state index is -0.394. The third-order valence-corrected chi connectivity index (χ3v) is 6.45. The molecule has 0 aliphatic rings. The fourth-order valence-corrected chi connectivity index (χ4v) is 3.92. The van der Waals surface area contributed by atoms with Gasteiger partial charge in [0.25, 0.3) is 0 Å². The van der Waals surface area contributed by atoms with Gasteiger partial charge in [-0.1, -0.05) is 60.7 Å². The van der Waals surface area contributed by atoms with E-state index in [0.717, 1.165) is 44.8 Å². The molecule has 0 spiro atoms. The average Bonchev–Trinajstić information content (AvgIpc) is 3.35. The van der Waals surface area contributed by atoms with E-state index in [0.29, 0.717) is 11.4 Å². The third kappa shape index (κ3) is 5.49. The molecule has 36 heavy (non-hydrogen) atoms. The number of ether oxygens (including phenoxy) is 2. The quantitative estimate of drug-likeness (QED) is 0.282. The standard InChI is InChI=1S/C30H30N2O4/c1-19-21(3)27(29(33)35-17-23-11-7-5-8-12-23)31-25(19)15-16-26-20(2)22(4)28(32-26)30(34)36-18-24-13-9-6-10-14-24/h5-16,31-32H,17-18H2,1-4H3/b16-15-. The van der Waals surface area contributed by atoms with Crippen molar-refractivity contribution in [3.05, 3.63) is 117 Å². The summed E-state index contributed by atoms with van der Waals surface area (Å²) >= 11 is 0. The van der Waals surface area contributed by atoms with Gasteiger partial charge in [0.05, 0.1) is 0 Å². The van der Waals surface area contributed by atoms with Crippen molar-refractivity contribution >= 4 is 24.1 Å². The molecular weight excluding hydrogens is 452 g/mol. The summed E-state index contributed by atoms with van der Waals surface area (Å²) in [6.45, 7) is 8.14. The number of H-pyrrole nitrogens is 2. The van der Waals surface area contributed by atoms with Crippen LogP contribution in [-0.4, -0.2) is 21.9 Å². The normalized spacial score (nSPS) is 11.1. The number of rotatable bonds is 8. The van der Waals surface area contributed by atoms with Crippen LogP contribution in [0.5, 0.6) is 0 Å². The smallest absolute Gasteiger partial charge is 0.355 e. The highest BCUT2D eigenvalue weighted by Gasteiger charge is 2.19. The van der Waals surface area contributed by atoms with Crippen molar-refractivity contribution in [1.82, 2.24) is 9.97 Å². The van der Waals surface area contributed by atoms with Crippen LogP contribution in [0.4, 0.5) is 0 Å². The van der Waals surface area contributed by atoms with Crippen LogP contribution in [-0.2, 0) is 22.7 Å². The maximum atomic E-state index is 12.7. The van der Waals surface area contributed by atoms with E-state index in [1.807, 2.05) is 101 Å². The lowest BCUT2D eigenvalue weighted by molar-refractivity contribution is 0.0457. The lowest BCUT2D eigenvalue weighted by Gasteiger charge is -2.04. The molecule has 0 atom stereocenters. The minimum Gasteiger partial charge on any atom is -0.456 e. The van der Waals surface area contributed by atoms with E-state index in [4.69, 9.17) is 9.47 Å². The molecule has 0 unspecified atom stereocenters. The zero-order valence-electron chi connectivity index (χ0n) is 21.0. The zero-order chi connectivity index (χ0) is 25.7. The molecule has 2 heterocycles. The molecule has 0 fully saturated rings. The minimum absolute atomic E-state index is 0.215. The summed E-state index contributed by atoms with van der Waals surface area (Å²) in [7, 11) is 0. The second-order valence-corrected chi connectivity index (χ2v) is 8.78. The van der Waals surface area contributed by atoms with Crippen LogP contribution < -0.4 is 0 Å². The van der Waals surface area contributed by atoms with Crippen LogP contribution in [0, 0.1) is 27.7 Å². The van der Waals surface area contributed by atoms with Crippen molar-refractivity contribution in [3.8, 4) is 0 Å². The van der Waals surface area contributed by atoms with Crippen LogP contribution >= 0.6 is 0 Å². The number of hydrogen-bond acceptors (Lipinski definition) is 4. The van der Waals surface area contributed by atoms with Gasteiger partial charge in [0.15, 0.2) is 0 Å². The lowest BCUT2D eigenvalue weighted by Crippen LogP contribution is -2.07. The van der Waals surface area contributed by atoms with Crippen LogP contribution in [0.3, 0.4) is 0 Å². The Labute approximate surface area is 211 Å². The Morgan fingerprint density at radius 1 is 0.611 bits per heavy atom. The van der Waals surface area contributed by atoms with E-state index in [1.165, 1.54) is 0 Å². The molecule has 4 rings (SSSR count). The molecule has 2 aromatic heterocycles. The molecule has 0 aliphatic carbocycles. The number of nitrogens with one attached hydrogen (secondary N) is 2. The first-order valence-corrected chi connectivity index (χ1v) is 11.8. The Morgan fingerprint density at radius 2 is 0.972 bits per heavy atom. The fraction of sp³-hybridized carbons (Fsp3) is 0.200. The summed E-state index contributed by atoms with van der Waals surface area (Å²) in [5.41, 5.74) is 7.96. The number of aromatic amines is 2. The first-order chi connectivity index (χ1) is 17.3. The van der Waals surface area contributed by atoms with E-state index >= 15 is 0 Å². The lowest BCUT2D eigenvalue weighted by atomic mass is 10.1. The van der Waals surface area contributed by atoms with Crippen molar-refractivity contribution in [3.63, 3.8) is 0 Å². The summed E-state index contributed by atoms with van der Waals surface area (Å²) in [5, 5.41) is 0. The van der Waals surface area contributed by atoms with E-state index in [9.17, 15) is 9.59 Å². The summed E-state index contributed by atoms with van der Waals surface area (Å²) in [6.07, 6.45) is 3.79. The zero-order valence-corrected chi connectivity index (χ0v) is 21.0. The van der Waals surface area contributed by atoms with Crippen LogP contribution in [0.15, 0.2) is 60.7 Å². The molecule has 0 radical (unpaired) electrons. The first kappa shape index (κ1) is 24.8. The number of aromatic nitrogens is 2. The largest absolute Gasteiger partial charge is 0.456 e. The van der Waals surface area contributed by atoms with Gasteiger partial charge in [0.1, 0.15) is 24.6 Å². The van der Waals surface area contributed by atoms with Crippen molar-refractivity contribution in [1.29, 1.82) is 0 Å². The van der Waals surface area contributed by atoms with Gasteiger partial charge in [-0.05, 0) is 73.2 Å². The number of hydrogen-bond donors (Lipinski definition) is 2. The third-order valence-electron chi connectivity index (χ3n) is 6.45. The van der Waals surface area contributed by atoms with Crippen molar-refractivity contribution in [2.24, 2.45) is 0 Å². The SMILES string of the molecule is Cc1c(/C=C\c2[nH]c(C(=O)OCc3ccccc3)c(C)c2C)[nH]c(C(=O)OCc2ccccc2)c1C. The summed E-state index contributed by atoms with van der Waals surface area (Å²) in [6, 6.07) is 19.2. The maximum absolute atomic E-state index is 12.7. The summed E-state index contributed by atoms with van der Waals surface area (Å²) < 4.78 is 11.0. The number of esters is 2. The van der Waals surface area contributed by atoms with Crippen LogP contribution in [0.1, 0.15) is 65.7 Å². The Bertz CT molecular complexity index is 1290. The highest BCUT2D eigenvalue weighted by molar-refractivity contribution is 5.92. The summed E-state index contributed by atoms with van der Waals surface area (Å²) in [5.74, 6) is -0.788. The van der Waals surface area contributed by atoms with Gasteiger partial charge in [0, 0.05) is 11.4 Å². The van der Waals surface area contributed by atoms with E-state index in [1.54, 1.807) is 0 Å². The van der Waals surface area contributed by atoms with E-state index < -0.39 is 11.9 Å². The predicted molar refractivity (Wildman–Crippen MR) is 141 cm³/mol. The highest BCUT2D eigenvalue weighted by atomic mass is 16.5. The van der Waals surface area contributed by atoms with Crippen molar-refractivity contribution < 1.29 is 19.1 Å². The topological polar surface area (TPSA) is 84.2 Å². The number of benzene rings is 2. The van der Waals surface area contributed by atoms with Crippen molar-refractivity contribution in [2.45, 2.75) is 40.9 Å². The Balaban J connectivity index is 1.46. The molecular formula is C30H30N2O4. The molecule has 2 N–H and O–H groups in total. The second kappa shape index (κ2) is 11.0. The Hall–Kier alpha value is -4.32. The molecule has 4 aromatic rings. The molecule has 2 aromatic carbocycles. The molecule has 0 saturated carbocycles. The van der Waals surface area contributed by atoms with E-state index in [-0.39, 0.29) is 13.2 Å². The van der Waals surface area contributed by atoms with Crippen LogP contribution in [0.25, 0.3) is 12.2 Å². The molecule has 6 heteroatoms. The predicted octanol–water partition coefficient (Wildman–Crippen LogP) is 6.46. The van der Waals surface area contributed by atoms with Gasteiger partial charge in [0.2, 0.25) is 0 Å². The first-order valence-electron chi connectivity index (χ1n) is 11.8. The Morgan fingerprint density at radius 3 is 1.33 bits per heavy atom. The average molecular weight is 483 g/mol. The van der Waals surface area contributed by atoms with Crippen molar-refractivity contribution in [2.75, 3.05) is 0 Å². The molecule has 0 aliphatic heterocycles. The molecule has 0 bridgehead atoms. The van der Waals surface area contributed by atoms with Gasteiger partial charge in [-0.2, -0.15) is 0 Å². The number of carbonyl (C=O) groups excluding carboxylic acids is 2. The summed E-state index contributed by atoms with van der Waals surface area (Å²) in [4.78, 5) is 31.8. The molecule has 184 valence electrons. The van der Waals surface area contributed by atoms with Gasteiger partial charge in [-0.15, -0.1) is 0 Å². The second-order valence-electron chi connectivity index (χ2n) is 8.78. The highest BCUT2D eigenvalue weighted by Crippen LogP contribution is 2.24. The van der Waals surface area contributed by atoms with Gasteiger partial charge >= 0.3 is 11.9 Å². The van der Waals surface area contributed by atoms with Gasteiger partial charge < -0.3 is 19.4 Å². The molecule has 6 nitrogen and oxygen atoms in total. The molecule has 0 saturated heterocycles. The molecule has 0 amide bonds. The van der Waals surface area contributed by atoms with Crippen LogP contribution in [0.2, 0.25) is 0 Å². The van der Waals surface area contributed by atoms with Gasteiger partial charge in [-0.25, -0.2) is 9.59 Å². The Kier molecular flexibility index (Phi) is 7.54. The van der Waals surface area contributed by atoms with E-state index in [2.05, 4.69) is 9.97 Å².